The number of rotatable bonds is 8. The summed E-state index contributed by atoms with van der Waals surface area (Å²) in [5.41, 5.74) is 0. The Kier molecular flexibility index (Phi) is 11.5. The highest BCUT2D eigenvalue weighted by Gasteiger charge is 2.22. The minimum atomic E-state index is 0. The van der Waals surface area contributed by atoms with Crippen molar-refractivity contribution in [1.29, 1.82) is 0 Å². The van der Waals surface area contributed by atoms with Crippen LogP contribution < -0.4 is 10.6 Å². The number of hydrogen-bond acceptors (Lipinski definition) is 6. The summed E-state index contributed by atoms with van der Waals surface area (Å²) >= 11 is 0. The monoisotopic (exact) mass is 521 g/mol. The molecule has 0 bridgehead atoms. The van der Waals surface area contributed by atoms with Gasteiger partial charge in [0.1, 0.15) is 0 Å². The average molecular weight is 521 g/mol. The SMILES string of the molecule is CCNC(=NCCc1nc(C(C)C)no1)NC1CCN(CC(=O)N(C)C)CC1.I. The van der Waals surface area contributed by atoms with Crippen molar-refractivity contribution in [1.82, 2.24) is 30.6 Å². The van der Waals surface area contributed by atoms with Crippen LogP contribution in [0.2, 0.25) is 0 Å². The van der Waals surface area contributed by atoms with Crippen LogP contribution >= 0.6 is 24.0 Å². The maximum absolute atomic E-state index is 11.9. The van der Waals surface area contributed by atoms with Crippen LogP contribution in [0.1, 0.15) is 51.2 Å². The zero-order valence-electron chi connectivity index (χ0n) is 18.3. The van der Waals surface area contributed by atoms with Crippen molar-refractivity contribution in [2.24, 2.45) is 4.99 Å². The summed E-state index contributed by atoms with van der Waals surface area (Å²) < 4.78 is 5.27. The molecule has 29 heavy (non-hydrogen) atoms. The van der Waals surface area contributed by atoms with Gasteiger partial charge in [-0.1, -0.05) is 19.0 Å². The van der Waals surface area contributed by atoms with Gasteiger partial charge in [0.25, 0.3) is 0 Å². The van der Waals surface area contributed by atoms with Crippen molar-refractivity contribution in [3.05, 3.63) is 11.7 Å². The summed E-state index contributed by atoms with van der Waals surface area (Å²) in [5, 5.41) is 10.8. The Labute approximate surface area is 191 Å². The first-order valence-electron chi connectivity index (χ1n) is 10.2. The topological polar surface area (TPSA) is 98.9 Å². The van der Waals surface area contributed by atoms with E-state index >= 15 is 0 Å². The van der Waals surface area contributed by atoms with E-state index in [-0.39, 0.29) is 35.8 Å². The number of hydrogen-bond donors (Lipinski definition) is 2. The predicted molar refractivity (Wildman–Crippen MR) is 125 cm³/mol. The number of aromatic nitrogens is 2. The van der Waals surface area contributed by atoms with Gasteiger partial charge in [-0.25, -0.2) is 0 Å². The summed E-state index contributed by atoms with van der Waals surface area (Å²) in [6.07, 6.45) is 2.61. The molecule has 0 spiro atoms. The fourth-order valence-corrected chi connectivity index (χ4v) is 2.95. The van der Waals surface area contributed by atoms with Gasteiger partial charge in [-0.15, -0.1) is 24.0 Å². The number of aliphatic imine (C=N–C) groups is 1. The molecule has 2 heterocycles. The molecule has 1 aromatic heterocycles. The minimum absolute atomic E-state index is 0. The maximum atomic E-state index is 11.9. The Morgan fingerprint density at radius 1 is 1.34 bits per heavy atom. The lowest BCUT2D eigenvalue weighted by molar-refractivity contribution is -0.130. The van der Waals surface area contributed by atoms with E-state index in [9.17, 15) is 4.79 Å². The van der Waals surface area contributed by atoms with E-state index in [1.165, 1.54) is 0 Å². The highest BCUT2D eigenvalue weighted by Crippen LogP contribution is 2.11. The molecule has 1 amide bonds. The first kappa shape index (κ1) is 25.6. The van der Waals surface area contributed by atoms with Crippen LogP contribution in [-0.2, 0) is 11.2 Å². The molecule has 0 unspecified atom stereocenters. The van der Waals surface area contributed by atoms with E-state index in [1.807, 2.05) is 13.8 Å². The fourth-order valence-electron chi connectivity index (χ4n) is 2.95. The highest BCUT2D eigenvalue weighted by atomic mass is 127. The molecule has 0 radical (unpaired) electrons. The fraction of sp³-hybridized carbons (Fsp3) is 0.789. The molecule has 1 fully saturated rings. The summed E-state index contributed by atoms with van der Waals surface area (Å²) in [6, 6.07) is 0.361. The smallest absolute Gasteiger partial charge is 0.236 e. The van der Waals surface area contributed by atoms with Crippen molar-refractivity contribution in [3.63, 3.8) is 0 Å². The van der Waals surface area contributed by atoms with Gasteiger partial charge in [-0.2, -0.15) is 4.98 Å². The maximum Gasteiger partial charge on any atom is 0.236 e. The van der Waals surface area contributed by atoms with Gasteiger partial charge in [-0.3, -0.25) is 14.7 Å². The van der Waals surface area contributed by atoms with Gasteiger partial charge < -0.3 is 20.1 Å². The van der Waals surface area contributed by atoms with E-state index in [2.05, 4.69) is 37.6 Å². The van der Waals surface area contributed by atoms with Crippen LogP contribution in [-0.4, -0.2) is 84.7 Å². The van der Waals surface area contributed by atoms with E-state index < -0.39 is 0 Å². The molecule has 1 aliphatic rings. The normalized spacial score (nSPS) is 15.9. The number of halogens is 1. The Balaban J connectivity index is 0.00000420. The third-order valence-electron chi connectivity index (χ3n) is 4.73. The molecule has 0 saturated carbocycles. The van der Waals surface area contributed by atoms with Crippen molar-refractivity contribution in [2.75, 3.05) is 46.8 Å². The number of guanidine groups is 1. The molecule has 166 valence electrons. The van der Waals surface area contributed by atoms with Crippen molar-refractivity contribution >= 4 is 35.8 Å². The molecule has 1 aliphatic heterocycles. The molecule has 2 N–H and O–H groups in total. The van der Waals surface area contributed by atoms with E-state index in [1.54, 1.807) is 19.0 Å². The van der Waals surface area contributed by atoms with Crippen molar-refractivity contribution in [2.45, 2.75) is 52.0 Å². The van der Waals surface area contributed by atoms with Crippen molar-refractivity contribution < 1.29 is 9.32 Å². The third kappa shape index (κ3) is 8.85. The van der Waals surface area contributed by atoms with E-state index in [0.29, 0.717) is 31.4 Å². The minimum Gasteiger partial charge on any atom is -0.357 e. The van der Waals surface area contributed by atoms with Crippen LogP contribution in [0.15, 0.2) is 9.52 Å². The standard InChI is InChI=1S/C19H35N7O2.HI/c1-6-20-19(21-10-7-16-23-18(14(2)3)24-28-16)22-15-8-11-26(12-9-15)13-17(27)25(4)5;/h14-15H,6-13H2,1-5H3,(H2,20,21,22);1H. The average Bonchev–Trinajstić information content (AvgIpc) is 3.12. The summed E-state index contributed by atoms with van der Waals surface area (Å²) in [7, 11) is 3.60. The van der Waals surface area contributed by atoms with Crippen LogP contribution in [0.25, 0.3) is 0 Å². The highest BCUT2D eigenvalue weighted by molar-refractivity contribution is 14.0. The predicted octanol–water partition coefficient (Wildman–Crippen LogP) is 1.46. The molecule has 1 saturated heterocycles. The Morgan fingerprint density at radius 2 is 2.03 bits per heavy atom. The Bertz CT molecular complexity index is 640. The summed E-state index contributed by atoms with van der Waals surface area (Å²) in [5.74, 6) is 2.60. The Morgan fingerprint density at radius 3 is 2.59 bits per heavy atom. The van der Waals surface area contributed by atoms with Gasteiger partial charge in [0.05, 0.1) is 13.1 Å². The zero-order chi connectivity index (χ0) is 20.5. The first-order valence-corrected chi connectivity index (χ1v) is 10.2. The van der Waals surface area contributed by atoms with Crippen LogP contribution in [0.4, 0.5) is 0 Å². The number of piperidine rings is 1. The summed E-state index contributed by atoms with van der Waals surface area (Å²) in [4.78, 5) is 24.7. The number of nitrogens with zero attached hydrogens (tertiary/aromatic N) is 5. The summed E-state index contributed by atoms with van der Waals surface area (Å²) in [6.45, 7) is 9.86. The largest absolute Gasteiger partial charge is 0.357 e. The van der Waals surface area contributed by atoms with E-state index in [0.717, 1.165) is 44.3 Å². The van der Waals surface area contributed by atoms with Crippen LogP contribution in [0, 0.1) is 0 Å². The lowest BCUT2D eigenvalue weighted by Gasteiger charge is -2.33. The van der Waals surface area contributed by atoms with Gasteiger partial charge in [0, 0.05) is 52.1 Å². The Hall–Kier alpha value is -1.43. The van der Waals surface area contributed by atoms with Gasteiger partial charge in [-0.05, 0) is 19.8 Å². The third-order valence-corrected chi connectivity index (χ3v) is 4.73. The van der Waals surface area contributed by atoms with Gasteiger partial charge >= 0.3 is 0 Å². The van der Waals surface area contributed by atoms with Crippen molar-refractivity contribution in [3.8, 4) is 0 Å². The second kappa shape index (κ2) is 13.0. The molecule has 0 aliphatic carbocycles. The number of likely N-dealkylation sites (N-methyl/N-ethyl adjacent to an activating group) is 1. The second-order valence-corrected chi connectivity index (χ2v) is 7.69. The molecule has 10 heteroatoms. The number of carbonyl (C=O) groups excluding carboxylic acids is 1. The number of carbonyl (C=O) groups is 1. The molecule has 2 rings (SSSR count). The molecule has 0 atom stereocenters. The van der Waals surface area contributed by atoms with Gasteiger partial charge in [0.2, 0.25) is 11.8 Å². The first-order chi connectivity index (χ1) is 13.4. The molecule has 1 aromatic rings. The number of amides is 1. The van der Waals surface area contributed by atoms with Crippen LogP contribution in [0.3, 0.4) is 0 Å². The number of nitrogens with one attached hydrogen (secondary N) is 2. The lowest BCUT2D eigenvalue weighted by Crippen LogP contribution is -2.50. The van der Waals surface area contributed by atoms with Crippen LogP contribution in [0.5, 0.6) is 0 Å². The van der Waals surface area contributed by atoms with Gasteiger partial charge in [0.15, 0.2) is 11.8 Å². The lowest BCUT2D eigenvalue weighted by atomic mass is 10.1. The number of likely N-dealkylation sites (tertiary alicyclic amines) is 1. The molecule has 9 nitrogen and oxygen atoms in total. The second-order valence-electron chi connectivity index (χ2n) is 7.69. The van der Waals surface area contributed by atoms with E-state index in [4.69, 9.17) is 4.52 Å². The molecule has 0 aromatic carbocycles. The molecular weight excluding hydrogens is 485 g/mol. The zero-order valence-corrected chi connectivity index (χ0v) is 20.6. The molecular formula is C19H36IN7O2. The quantitative estimate of drug-likeness (QED) is 0.304.